The van der Waals surface area contributed by atoms with Crippen LogP contribution in [0.5, 0.6) is 5.75 Å². The fourth-order valence-corrected chi connectivity index (χ4v) is 4.21. The Kier molecular flexibility index (Phi) is 6.28. The number of amides is 1. The smallest absolute Gasteiger partial charge is 0.269 e. The van der Waals surface area contributed by atoms with E-state index in [-0.39, 0.29) is 11.9 Å². The van der Waals surface area contributed by atoms with Crippen molar-refractivity contribution in [2.24, 2.45) is 0 Å². The largest absolute Gasteiger partial charge is 0.497 e. The van der Waals surface area contributed by atoms with Gasteiger partial charge in [-0.25, -0.2) is 0 Å². The van der Waals surface area contributed by atoms with Crippen molar-refractivity contribution in [2.45, 2.75) is 32.4 Å². The summed E-state index contributed by atoms with van der Waals surface area (Å²) in [5, 5.41) is 2.60. The summed E-state index contributed by atoms with van der Waals surface area (Å²) >= 11 is 0. The van der Waals surface area contributed by atoms with Crippen LogP contribution in [0.3, 0.4) is 0 Å². The van der Waals surface area contributed by atoms with Crippen LogP contribution in [0.25, 0.3) is 11.1 Å². The zero-order valence-corrected chi connectivity index (χ0v) is 18.3. The quantitative estimate of drug-likeness (QED) is 0.654. The molecule has 1 aliphatic heterocycles. The van der Waals surface area contributed by atoms with Crippen LogP contribution in [0.2, 0.25) is 0 Å². The first kappa shape index (κ1) is 21.0. The molecule has 2 aromatic heterocycles. The number of carbonyl (C=O) groups is 1. The molecule has 4 rings (SSSR count). The third kappa shape index (κ3) is 4.75. The minimum absolute atomic E-state index is 0.183. The Hall–Kier alpha value is -3.25. The van der Waals surface area contributed by atoms with Gasteiger partial charge in [0.05, 0.1) is 18.8 Å². The fraction of sp³-hybridized carbons (Fsp3) is 0.320. The third-order valence-corrected chi connectivity index (χ3v) is 5.75. The summed E-state index contributed by atoms with van der Waals surface area (Å²) in [6, 6.07) is 16.5. The van der Waals surface area contributed by atoms with Crippen LogP contribution in [0.4, 0.5) is 0 Å². The fourth-order valence-electron chi connectivity index (χ4n) is 4.21. The normalized spacial score (nSPS) is 16.3. The number of carbonyl (C=O) groups excluding carboxylic acids is 1. The molecular weight excluding hydrogens is 388 g/mol. The first-order chi connectivity index (χ1) is 15.1. The van der Waals surface area contributed by atoms with Gasteiger partial charge >= 0.3 is 0 Å². The highest BCUT2D eigenvalue weighted by Gasteiger charge is 2.27. The van der Waals surface area contributed by atoms with E-state index >= 15 is 0 Å². The maximum absolute atomic E-state index is 11.8. The van der Waals surface area contributed by atoms with Crippen molar-refractivity contribution in [2.75, 3.05) is 20.7 Å². The number of hydrogen-bond acceptors (Lipinski definition) is 5. The summed E-state index contributed by atoms with van der Waals surface area (Å²) in [5.41, 5.74) is 5.79. The lowest BCUT2D eigenvalue weighted by Gasteiger charge is -2.25. The summed E-state index contributed by atoms with van der Waals surface area (Å²) in [5.74, 6) is 0.703. The number of aryl methyl sites for hydroxylation is 1. The van der Waals surface area contributed by atoms with Crippen molar-refractivity contribution in [1.29, 1.82) is 0 Å². The van der Waals surface area contributed by atoms with Crippen LogP contribution in [-0.2, 0) is 6.54 Å². The van der Waals surface area contributed by atoms with E-state index in [1.54, 1.807) is 26.4 Å². The molecule has 0 saturated carbocycles. The Labute approximate surface area is 183 Å². The zero-order chi connectivity index (χ0) is 21.8. The van der Waals surface area contributed by atoms with Gasteiger partial charge in [0.15, 0.2) is 0 Å². The molecule has 1 atom stereocenters. The molecule has 3 aromatic rings. The van der Waals surface area contributed by atoms with Gasteiger partial charge in [0.2, 0.25) is 0 Å². The third-order valence-electron chi connectivity index (χ3n) is 5.75. The molecule has 160 valence electrons. The molecule has 0 radical (unpaired) electrons. The molecule has 1 aromatic carbocycles. The molecule has 0 unspecified atom stereocenters. The lowest BCUT2D eigenvalue weighted by Crippen LogP contribution is -2.23. The van der Waals surface area contributed by atoms with Gasteiger partial charge in [0.1, 0.15) is 11.4 Å². The number of hydrogen-bond donors (Lipinski definition) is 1. The summed E-state index contributed by atoms with van der Waals surface area (Å²) in [6.07, 6.45) is 4.00. The second-order valence-electron chi connectivity index (χ2n) is 7.91. The average Bonchev–Trinajstić information content (AvgIpc) is 3.26. The van der Waals surface area contributed by atoms with Crippen molar-refractivity contribution in [3.63, 3.8) is 0 Å². The number of benzene rings is 1. The van der Waals surface area contributed by atoms with Gasteiger partial charge in [-0.05, 0) is 67.8 Å². The number of ether oxygens (including phenoxy) is 1. The molecule has 0 spiro atoms. The predicted molar refractivity (Wildman–Crippen MR) is 121 cm³/mol. The molecule has 1 N–H and O–H groups in total. The van der Waals surface area contributed by atoms with Crippen LogP contribution in [0, 0.1) is 6.92 Å². The molecule has 6 nitrogen and oxygen atoms in total. The minimum Gasteiger partial charge on any atom is -0.497 e. The minimum atomic E-state index is -0.183. The van der Waals surface area contributed by atoms with Gasteiger partial charge in [0, 0.05) is 31.0 Å². The van der Waals surface area contributed by atoms with Crippen molar-refractivity contribution >= 4 is 5.91 Å². The van der Waals surface area contributed by atoms with Crippen LogP contribution in [0.1, 0.15) is 46.3 Å². The first-order valence-corrected chi connectivity index (χ1v) is 10.6. The summed E-state index contributed by atoms with van der Waals surface area (Å²) in [4.78, 5) is 23.5. The highest BCUT2D eigenvalue weighted by Crippen LogP contribution is 2.34. The monoisotopic (exact) mass is 416 g/mol. The molecule has 1 amide bonds. The highest BCUT2D eigenvalue weighted by atomic mass is 16.5. The molecule has 1 saturated heterocycles. The lowest BCUT2D eigenvalue weighted by molar-refractivity contribution is 0.0958. The van der Waals surface area contributed by atoms with E-state index in [4.69, 9.17) is 9.72 Å². The Morgan fingerprint density at radius 2 is 2.06 bits per heavy atom. The molecule has 0 aliphatic carbocycles. The molecule has 0 bridgehead atoms. The molecular formula is C25H28N4O2. The van der Waals surface area contributed by atoms with E-state index in [9.17, 15) is 4.79 Å². The number of pyridine rings is 2. The van der Waals surface area contributed by atoms with Gasteiger partial charge in [-0.1, -0.05) is 18.2 Å². The van der Waals surface area contributed by atoms with E-state index in [1.807, 2.05) is 25.1 Å². The van der Waals surface area contributed by atoms with Gasteiger partial charge in [-0.15, -0.1) is 0 Å². The SMILES string of the molecule is CNC(=O)c1ccc(-c2cc(C)nc([C@@H]3CCCN3Cc3cccc(OC)c3)c2)cn1. The number of aromatic nitrogens is 2. The van der Waals surface area contributed by atoms with Crippen molar-refractivity contribution in [1.82, 2.24) is 20.2 Å². The number of likely N-dealkylation sites (tertiary alicyclic amines) is 1. The van der Waals surface area contributed by atoms with Crippen molar-refractivity contribution in [3.8, 4) is 16.9 Å². The molecule has 6 heteroatoms. The molecule has 1 aliphatic rings. The maximum atomic E-state index is 11.8. The Bertz CT molecular complexity index is 1070. The maximum Gasteiger partial charge on any atom is 0.269 e. The van der Waals surface area contributed by atoms with Gasteiger partial charge in [-0.3, -0.25) is 19.7 Å². The van der Waals surface area contributed by atoms with Crippen molar-refractivity contribution in [3.05, 3.63) is 77.4 Å². The Morgan fingerprint density at radius 3 is 2.81 bits per heavy atom. The number of rotatable bonds is 6. The van der Waals surface area contributed by atoms with E-state index in [0.717, 1.165) is 54.2 Å². The topological polar surface area (TPSA) is 67.4 Å². The molecule has 3 heterocycles. The van der Waals surface area contributed by atoms with Gasteiger partial charge in [0.25, 0.3) is 5.91 Å². The first-order valence-electron chi connectivity index (χ1n) is 10.6. The summed E-state index contributed by atoms with van der Waals surface area (Å²) in [6.45, 7) is 3.95. The predicted octanol–water partition coefficient (Wildman–Crippen LogP) is 4.16. The van der Waals surface area contributed by atoms with E-state index in [1.165, 1.54) is 5.56 Å². The standard InChI is InChI=1S/C25H28N4O2/c1-17-12-20(19-9-10-22(27-15-19)25(30)26-2)14-23(28-17)24-8-5-11-29(24)16-18-6-4-7-21(13-18)31-3/h4,6-7,9-10,12-15,24H,5,8,11,16H2,1-3H3,(H,26,30)/t24-/m0/s1. The van der Waals surface area contributed by atoms with E-state index in [2.05, 4.69) is 39.5 Å². The Morgan fingerprint density at radius 1 is 1.19 bits per heavy atom. The summed E-state index contributed by atoms with van der Waals surface area (Å²) in [7, 11) is 3.31. The van der Waals surface area contributed by atoms with E-state index < -0.39 is 0 Å². The number of nitrogens with zero attached hydrogens (tertiary/aromatic N) is 3. The van der Waals surface area contributed by atoms with Crippen LogP contribution in [-0.4, -0.2) is 41.5 Å². The second kappa shape index (κ2) is 9.27. The lowest BCUT2D eigenvalue weighted by atomic mass is 10.0. The number of methoxy groups -OCH3 is 1. The van der Waals surface area contributed by atoms with Gasteiger partial charge in [-0.2, -0.15) is 0 Å². The van der Waals surface area contributed by atoms with Crippen molar-refractivity contribution < 1.29 is 9.53 Å². The Balaban J connectivity index is 1.59. The average molecular weight is 417 g/mol. The highest BCUT2D eigenvalue weighted by molar-refractivity contribution is 5.92. The second-order valence-corrected chi connectivity index (χ2v) is 7.91. The molecule has 1 fully saturated rings. The molecule has 31 heavy (non-hydrogen) atoms. The van der Waals surface area contributed by atoms with Crippen LogP contribution >= 0.6 is 0 Å². The number of nitrogens with one attached hydrogen (secondary N) is 1. The van der Waals surface area contributed by atoms with E-state index in [0.29, 0.717) is 5.69 Å². The zero-order valence-electron chi connectivity index (χ0n) is 18.3. The van der Waals surface area contributed by atoms with Gasteiger partial charge < -0.3 is 10.1 Å². The summed E-state index contributed by atoms with van der Waals surface area (Å²) < 4.78 is 5.38. The van der Waals surface area contributed by atoms with Crippen LogP contribution in [0.15, 0.2) is 54.7 Å². The van der Waals surface area contributed by atoms with Crippen LogP contribution < -0.4 is 10.1 Å².